The number of nitrogens with zero attached hydrogens (tertiary/aromatic N) is 2. The van der Waals surface area contributed by atoms with E-state index < -0.39 is 0 Å². The third-order valence-electron chi connectivity index (χ3n) is 9.63. The lowest BCUT2D eigenvalue weighted by molar-refractivity contribution is 1.19. The Morgan fingerprint density at radius 1 is 0.326 bits per heavy atom. The van der Waals surface area contributed by atoms with Crippen LogP contribution in [0.2, 0.25) is 0 Å². The van der Waals surface area contributed by atoms with Gasteiger partial charge < -0.3 is 9.47 Å². The maximum atomic E-state index is 2.40. The van der Waals surface area contributed by atoms with E-state index in [1.54, 1.807) is 0 Å². The average Bonchev–Trinajstić information content (AvgIpc) is 3.45. The van der Waals surface area contributed by atoms with Crippen LogP contribution >= 0.6 is 0 Å². The number of fused-ring (bicyclic) bond motifs is 9. The smallest absolute Gasteiger partial charge is 0.0541 e. The van der Waals surface area contributed by atoms with Crippen molar-refractivity contribution in [1.82, 2.24) is 4.57 Å². The second-order valence-electron chi connectivity index (χ2n) is 12.2. The first-order chi connectivity index (χ1) is 22.8. The largest absolute Gasteiger partial charge is 0.310 e. The summed E-state index contributed by atoms with van der Waals surface area (Å²) < 4.78 is 2.40. The van der Waals surface area contributed by atoms with Crippen LogP contribution in [0.1, 0.15) is 0 Å². The van der Waals surface area contributed by atoms with E-state index >= 15 is 0 Å². The van der Waals surface area contributed by atoms with Crippen molar-refractivity contribution in [2.24, 2.45) is 0 Å². The van der Waals surface area contributed by atoms with E-state index in [2.05, 4.69) is 179 Å². The van der Waals surface area contributed by atoms with Crippen LogP contribution in [-0.2, 0) is 0 Å². The third kappa shape index (κ3) is 3.71. The van der Waals surface area contributed by atoms with Crippen molar-refractivity contribution in [3.63, 3.8) is 0 Å². The molecule has 0 atom stereocenters. The van der Waals surface area contributed by atoms with Crippen LogP contribution in [0.15, 0.2) is 170 Å². The van der Waals surface area contributed by atoms with Gasteiger partial charge in [-0.3, -0.25) is 0 Å². The van der Waals surface area contributed by atoms with Gasteiger partial charge in [-0.15, -0.1) is 0 Å². The van der Waals surface area contributed by atoms with E-state index in [0.717, 1.165) is 17.1 Å². The molecule has 0 N–H and O–H groups in total. The first-order valence-corrected chi connectivity index (χ1v) is 15.9. The van der Waals surface area contributed by atoms with Crippen LogP contribution in [-0.4, -0.2) is 4.57 Å². The molecule has 0 unspecified atom stereocenters. The Kier molecular flexibility index (Phi) is 5.31. The van der Waals surface area contributed by atoms with Gasteiger partial charge in [-0.2, -0.15) is 0 Å². The quantitative estimate of drug-likeness (QED) is 0.200. The maximum absolute atomic E-state index is 2.40. The SMILES string of the molecule is c1ccc(N(c2ccccc2)c2ccc3cc4c(cc3c2)-c2cc3ccc(-n5c6ccccc6c6ccccc65)cc3cc2-4)cc1. The molecule has 2 heteroatoms. The van der Waals surface area contributed by atoms with Gasteiger partial charge in [-0.05, 0) is 129 Å². The van der Waals surface area contributed by atoms with Gasteiger partial charge in [-0.1, -0.05) is 84.9 Å². The maximum Gasteiger partial charge on any atom is 0.0541 e. The molecular weight excluding hydrogens is 556 g/mol. The molecule has 0 bridgehead atoms. The standard InChI is InChI=1S/C44H28N2/c1-3-11-33(12-4-1)45(34-13-5-2-6-14-34)35-21-19-29-25-39-41(27-31(29)23-35)40-26-30-20-22-36(24-32(30)28-42(39)40)46-43-17-9-7-15-37(43)38-16-8-10-18-44(38)46/h1-28H. The number of hydrogen-bond donors (Lipinski definition) is 0. The molecule has 1 aliphatic carbocycles. The molecule has 2 nitrogen and oxygen atoms in total. The molecule has 1 aliphatic rings. The molecule has 214 valence electrons. The summed E-state index contributed by atoms with van der Waals surface area (Å²) in [5.74, 6) is 0. The Morgan fingerprint density at radius 2 is 0.783 bits per heavy atom. The van der Waals surface area contributed by atoms with Crippen molar-refractivity contribution in [3.05, 3.63) is 170 Å². The van der Waals surface area contributed by atoms with E-state index in [0.29, 0.717) is 0 Å². The molecule has 1 heterocycles. The summed E-state index contributed by atoms with van der Waals surface area (Å²) in [6, 6.07) is 61.9. The molecule has 0 fully saturated rings. The zero-order valence-electron chi connectivity index (χ0n) is 25.1. The lowest BCUT2D eigenvalue weighted by Crippen LogP contribution is -2.09. The highest BCUT2D eigenvalue weighted by Crippen LogP contribution is 2.51. The third-order valence-corrected chi connectivity index (χ3v) is 9.63. The fourth-order valence-electron chi connectivity index (χ4n) is 7.48. The summed E-state index contributed by atoms with van der Waals surface area (Å²) in [5, 5.41) is 7.61. The van der Waals surface area contributed by atoms with Crippen molar-refractivity contribution in [2.75, 3.05) is 4.90 Å². The van der Waals surface area contributed by atoms with E-state index in [4.69, 9.17) is 0 Å². The zero-order valence-corrected chi connectivity index (χ0v) is 25.1. The molecular formula is C44H28N2. The molecule has 0 radical (unpaired) electrons. The van der Waals surface area contributed by atoms with Crippen LogP contribution in [0.4, 0.5) is 17.1 Å². The monoisotopic (exact) mass is 584 g/mol. The number of rotatable bonds is 4. The fourth-order valence-corrected chi connectivity index (χ4v) is 7.48. The Labute approximate surface area is 267 Å². The number of hydrogen-bond acceptors (Lipinski definition) is 1. The number of aromatic nitrogens is 1. The van der Waals surface area contributed by atoms with Gasteiger partial charge in [0.1, 0.15) is 0 Å². The Morgan fingerprint density at radius 3 is 1.35 bits per heavy atom. The van der Waals surface area contributed by atoms with Crippen LogP contribution in [0.3, 0.4) is 0 Å². The van der Waals surface area contributed by atoms with Gasteiger partial charge in [-0.25, -0.2) is 0 Å². The molecule has 0 spiro atoms. The molecule has 9 aromatic rings. The summed E-state index contributed by atoms with van der Waals surface area (Å²) in [6.45, 7) is 0. The summed E-state index contributed by atoms with van der Waals surface area (Å²) in [4.78, 5) is 2.33. The van der Waals surface area contributed by atoms with Crippen molar-refractivity contribution < 1.29 is 0 Å². The summed E-state index contributed by atoms with van der Waals surface area (Å²) in [6.07, 6.45) is 0. The predicted octanol–water partition coefficient (Wildman–Crippen LogP) is 12.2. The van der Waals surface area contributed by atoms with Gasteiger partial charge in [0.2, 0.25) is 0 Å². The highest BCUT2D eigenvalue weighted by atomic mass is 15.1. The van der Waals surface area contributed by atoms with Crippen molar-refractivity contribution in [2.45, 2.75) is 0 Å². The van der Waals surface area contributed by atoms with Gasteiger partial charge in [0.15, 0.2) is 0 Å². The first kappa shape index (κ1) is 25.2. The minimum absolute atomic E-state index is 1.15. The Balaban J connectivity index is 1.08. The van der Waals surface area contributed by atoms with Gasteiger partial charge in [0, 0.05) is 33.5 Å². The summed E-state index contributed by atoms with van der Waals surface area (Å²) in [5.41, 5.74) is 12.5. The first-order valence-electron chi connectivity index (χ1n) is 15.9. The molecule has 8 aromatic carbocycles. The predicted molar refractivity (Wildman–Crippen MR) is 195 cm³/mol. The molecule has 0 amide bonds. The highest BCUT2D eigenvalue weighted by Gasteiger charge is 2.24. The fraction of sp³-hybridized carbons (Fsp3) is 0. The number of para-hydroxylation sites is 4. The molecule has 0 aliphatic heterocycles. The zero-order chi connectivity index (χ0) is 30.2. The lowest BCUT2D eigenvalue weighted by Gasteiger charge is -2.28. The lowest BCUT2D eigenvalue weighted by atomic mass is 9.78. The van der Waals surface area contributed by atoms with Crippen molar-refractivity contribution in [1.29, 1.82) is 0 Å². The van der Waals surface area contributed by atoms with Crippen molar-refractivity contribution in [3.8, 4) is 27.9 Å². The van der Waals surface area contributed by atoms with E-state index in [1.165, 1.54) is 71.3 Å². The summed E-state index contributed by atoms with van der Waals surface area (Å²) >= 11 is 0. The van der Waals surface area contributed by atoms with Crippen molar-refractivity contribution >= 4 is 60.4 Å². The molecule has 46 heavy (non-hydrogen) atoms. The van der Waals surface area contributed by atoms with Gasteiger partial charge in [0.25, 0.3) is 0 Å². The second kappa shape index (κ2) is 9.69. The minimum atomic E-state index is 1.15. The van der Waals surface area contributed by atoms with E-state index in [1.807, 2.05) is 0 Å². The minimum Gasteiger partial charge on any atom is -0.310 e. The van der Waals surface area contributed by atoms with E-state index in [9.17, 15) is 0 Å². The average molecular weight is 585 g/mol. The molecule has 0 saturated heterocycles. The Bertz CT molecular complexity index is 2540. The Hall–Kier alpha value is -6.12. The summed E-state index contributed by atoms with van der Waals surface area (Å²) in [7, 11) is 0. The highest BCUT2D eigenvalue weighted by molar-refractivity contribution is 6.13. The number of anilines is 3. The molecule has 1 aromatic heterocycles. The van der Waals surface area contributed by atoms with Crippen LogP contribution in [0.5, 0.6) is 0 Å². The molecule has 0 saturated carbocycles. The van der Waals surface area contributed by atoms with Crippen LogP contribution in [0.25, 0.3) is 71.3 Å². The van der Waals surface area contributed by atoms with Crippen LogP contribution in [0, 0.1) is 0 Å². The topological polar surface area (TPSA) is 8.17 Å². The normalized spacial score (nSPS) is 11.9. The van der Waals surface area contributed by atoms with E-state index in [-0.39, 0.29) is 0 Å². The van der Waals surface area contributed by atoms with Gasteiger partial charge in [0.05, 0.1) is 11.0 Å². The number of benzene rings is 8. The van der Waals surface area contributed by atoms with Gasteiger partial charge >= 0.3 is 0 Å². The second-order valence-corrected chi connectivity index (χ2v) is 12.2. The van der Waals surface area contributed by atoms with Crippen LogP contribution < -0.4 is 4.90 Å². The molecule has 10 rings (SSSR count).